The van der Waals surface area contributed by atoms with Gasteiger partial charge in [0.25, 0.3) is 0 Å². The summed E-state index contributed by atoms with van der Waals surface area (Å²) in [7, 11) is 0. The van der Waals surface area contributed by atoms with E-state index in [9.17, 15) is 0 Å². The summed E-state index contributed by atoms with van der Waals surface area (Å²) in [6.45, 7) is 0. The number of aromatic nitrogens is 2. The van der Waals surface area contributed by atoms with Crippen LogP contribution in [0.5, 0.6) is 0 Å². The van der Waals surface area contributed by atoms with Crippen molar-refractivity contribution in [2.45, 2.75) is 5.16 Å². The molecule has 2 aromatic rings. The molecule has 1 aromatic carbocycles. The molecule has 78 valence electrons. The van der Waals surface area contributed by atoms with E-state index in [-0.39, 0.29) is 0 Å². The molecule has 0 fully saturated rings. The highest BCUT2D eigenvalue weighted by Crippen LogP contribution is 2.31. The smallest absolute Gasteiger partial charge is 0.189 e. The van der Waals surface area contributed by atoms with Crippen molar-refractivity contribution in [1.82, 2.24) is 9.97 Å². The molecule has 0 radical (unpaired) electrons. The minimum atomic E-state index is 0.478. The van der Waals surface area contributed by atoms with E-state index in [2.05, 4.69) is 41.8 Å². The van der Waals surface area contributed by atoms with Crippen LogP contribution in [0.1, 0.15) is 0 Å². The summed E-state index contributed by atoms with van der Waals surface area (Å²) in [6, 6.07) is 3.85. The fraction of sp³-hybridized carbons (Fsp3) is 0.111. The van der Waals surface area contributed by atoms with Gasteiger partial charge in [0, 0.05) is 14.3 Å². The van der Waals surface area contributed by atoms with Crippen molar-refractivity contribution in [2.24, 2.45) is 0 Å². The van der Waals surface area contributed by atoms with Crippen LogP contribution in [0.25, 0.3) is 10.9 Å². The summed E-state index contributed by atoms with van der Waals surface area (Å²) in [6.07, 6.45) is 1.92. The van der Waals surface area contributed by atoms with E-state index in [1.807, 2.05) is 18.4 Å². The van der Waals surface area contributed by atoms with Crippen LogP contribution in [0.3, 0.4) is 0 Å². The van der Waals surface area contributed by atoms with E-state index in [4.69, 9.17) is 11.6 Å². The number of fused-ring (bicyclic) bond motifs is 1. The number of benzene rings is 1. The summed E-state index contributed by atoms with van der Waals surface area (Å²) < 4.78 is 1.86. The molecule has 0 unspecified atom stereocenters. The molecule has 15 heavy (non-hydrogen) atoms. The summed E-state index contributed by atoms with van der Waals surface area (Å²) in [5.41, 5.74) is 0.836. The molecule has 0 N–H and O–H groups in total. The Morgan fingerprint density at radius 3 is 2.67 bits per heavy atom. The Hall–Kier alpha value is 0.160. The van der Waals surface area contributed by atoms with Gasteiger partial charge in [0.1, 0.15) is 5.15 Å². The first-order valence-corrected chi connectivity index (χ1v) is 7.17. The minimum absolute atomic E-state index is 0.478. The number of thioether (sulfide) groups is 1. The number of halogens is 3. The highest BCUT2D eigenvalue weighted by molar-refractivity contribution is 9.11. The number of rotatable bonds is 1. The third-order valence-corrected chi connectivity index (χ3v) is 3.73. The van der Waals surface area contributed by atoms with Gasteiger partial charge in [-0.3, -0.25) is 0 Å². The summed E-state index contributed by atoms with van der Waals surface area (Å²) in [5, 5.41) is 2.00. The van der Waals surface area contributed by atoms with Crippen LogP contribution in [0, 0.1) is 0 Å². The van der Waals surface area contributed by atoms with Crippen molar-refractivity contribution < 1.29 is 0 Å². The van der Waals surface area contributed by atoms with Crippen LogP contribution in [0.2, 0.25) is 5.15 Å². The van der Waals surface area contributed by atoms with Gasteiger partial charge in [0.2, 0.25) is 0 Å². The monoisotopic (exact) mass is 366 g/mol. The second kappa shape index (κ2) is 4.57. The molecule has 2 rings (SSSR count). The fourth-order valence-corrected chi connectivity index (χ4v) is 3.15. The lowest BCUT2D eigenvalue weighted by Gasteiger charge is -2.04. The molecule has 1 heterocycles. The van der Waals surface area contributed by atoms with Gasteiger partial charge >= 0.3 is 0 Å². The SMILES string of the molecule is CSc1nc(Cl)c2cc(Br)cc(Br)c2n1. The van der Waals surface area contributed by atoms with Gasteiger partial charge in [-0.25, -0.2) is 9.97 Å². The van der Waals surface area contributed by atoms with Crippen LogP contribution in [-0.2, 0) is 0 Å². The zero-order valence-electron chi connectivity index (χ0n) is 7.59. The zero-order valence-corrected chi connectivity index (χ0v) is 12.3. The number of hydrogen-bond donors (Lipinski definition) is 0. The van der Waals surface area contributed by atoms with Crippen LogP contribution >= 0.6 is 55.2 Å². The molecule has 0 saturated heterocycles. The van der Waals surface area contributed by atoms with Crippen molar-refractivity contribution >= 4 is 66.1 Å². The molecule has 0 aliphatic heterocycles. The lowest BCUT2D eigenvalue weighted by molar-refractivity contribution is 1.01. The van der Waals surface area contributed by atoms with Crippen LogP contribution in [-0.4, -0.2) is 16.2 Å². The molecule has 0 saturated carbocycles. The Bertz CT molecular complexity index is 533. The van der Waals surface area contributed by atoms with Gasteiger partial charge in [-0.2, -0.15) is 0 Å². The van der Waals surface area contributed by atoms with Crippen molar-refractivity contribution in [2.75, 3.05) is 6.26 Å². The number of nitrogens with zero attached hydrogens (tertiary/aromatic N) is 2. The molecular weight excluding hydrogens is 363 g/mol. The Labute approximate surface area is 113 Å². The van der Waals surface area contributed by atoms with Gasteiger partial charge in [-0.1, -0.05) is 39.3 Å². The maximum atomic E-state index is 6.08. The predicted molar refractivity (Wildman–Crippen MR) is 71.7 cm³/mol. The Morgan fingerprint density at radius 2 is 2.00 bits per heavy atom. The number of hydrogen-bond acceptors (Lipinski definition) is 3. The van der Waals surface area contributed by atoms with Gasteiger partial charge < -0.3 is 0 Å². The van der Waals surface area contributed by atoms with Gasteiger partial charge in [0.15, 0.2) is 5.16 Å². The maximum Gasteiger partial charge on any atom is 0.189 e. The van der Waals surface area contributed by atoms with Crippen molar-refractivity contribution in [3.05, 3.63) is 26.2 Å². The van der Waals surface area contributed by atoms with E-state index >= 15 is 0 Å². The lowest BCUT2D eigenvalue weighted by atomic mass is 10.2. The van der Waals surface area contributed by atoms with Crippen molar-refractivity contribution in [3.8, 4) is 0 Å². The van der Waals surface area contributed by atoms with Crippen molar-refractivity contribution in [3.63, 3.8) is 0 Å². The molecule has 0 aliphatic rings. The highest BCUT2D eigenvalue weighted by Gasteiger charge is 2.09. The van der Waals surface area contributed by atoms with Gasteiger partial charge in [-0.05, 0) is 34.3 Å². The van der Waals surface area contributed by atoms with E-state index in [1.54, 1.807) is 0 Å². The van der Waals surface area contributed by atoms with Crippen LogP contribution in [0.15, 0.2) is 26.2 Å². The van der Waals surface area contributed by atoms with Gasteiger partial charge in [-0.15, -0.1) is 0 Å². The maximum absolute atomic E-state index is 6.08. The standard InChI is InChI=1S/C9H5Br2ClN2S/c1-15-9-13-7-5(8(12)14-9)2-4(10)3-6(7)11/h2-3H,1H3. The quantitative estimate of drug-likeness (QED) is 0.420. The second-order valence-corrected chi connectivity index (χ2v) is 5.69. The minimum Gasteiger partial charge on any atom is -0.221 e. The summed E-state index contributed by atoms with van der Waals surface area (Å²) >= 11 is 14.4. The molecule has 0 amide bonds. The highest BCUT2D eigenvalue weighted by atomic mass is 79.9. The first-order valence-electron chi connectivity index (χ1n) is 3.98. The van der Waals surface area contributed by atoms with E-state index in [0.717, 1.165) is 19.8 Å². The first kappa shape index (κ1) is 11.6. The zero-order chi connectivity index (χ0) is 11.0. The molecule has 0 aliphatic carbocycles. The van der Waals surface area contributed by atoms with Crippen LogP contribution in [0.4, 0.5) is 0 Å². The third kappa shape index (κ3) is 2.30. The van der Waals surface area contributed by atoms with E-state index in [1.165, 1.54) is 11.8 Å². The fourth-order valence-electron chi connectivity index (χ4n) is 1.19. The normalized spacial score (nSPS) is 10.9. The molecule has 1 aromatic heterocycles. The first-order chi connectivity index (χ1) is 7.11. The predicted octanol–water partition coefficient (Wildman–Crippen LogP) is 4.53. The molecule has 6 heteroatoms. The summed E-state index contributed by atoms with van der Waals surface area (Å²) in [4.78, 5) is 8.57. The largest absolute Gasteiger partial charge is 0.221 e. The molecule has 0 spiro atoms. The molecule has 2 nitrogen and oxygen atoms in total. The Morgan fingerprint density at radius 1 is 1.27 bits per heavy atom. The average Bonchev–Trinajstić information content (AvgIpc) is 2.19. The van der Waals surface area contributed by atoms with E-state index in [0.29, 0.717) is 10.3 Å². The van der Waals surface area contributed by atoms with E-state index < -0.39 is 0 Å². The third-order valence-electron chi connectivity index (χ3n) is 1.83. The molecular formula is C9H5Br2ClN2S. The topological polar surface area (TPSA) is 25.8 Å². The summed E-state index contributed by atoms with van der Waals surface area (Å²) in [5.74, 6) is 0. The van der Waals surface area contributed by atoms with Gasteiger partial charge in [0.05, 0.1) is 5.52 Å². The Balaban J connectivity index is 2.85. The lowest BCUT2D eigenvalue weighted by Crippen LogP contribution is -1.90. The molecule has 0 bridgehead atoms. The second-order valence-electron chi connectivity index (χ2n) is 2.78. The van der Waals surface area contributed by atoms with Crippen molar-refractivity contribution in [1.29, 1.82) is 0 Å². The Kier molecular flexibility index (Phi) is 3.55. The molecule has 0 atom stereocenters. The van der Waals surface area contributed by atoms with Crippen LogP contribution < -0.4 is 0 Å². The average molecular weight is 368 g/mol.